The van der Waals surface area contributed by atoms with E-state index in [1.165, 1.54) is 0 Å². The average molecular weight is 290 g/mol. The molecule has 1 saturated carbocycles. The van der Waals surface area contributed by atoms with Crippen LogP contribution in [0, 0.1) is 6.92 Å². The van der Waals surface area contributed by atoms with Gasteiger partial charge < -0.3 is 4.74 Å². The van der Waals surface area contributed by atoms with Crippen molar-refractivity contribution in [3.63, 3.8) is 0 Å². The van der Waals surface area contributed by atoms with Crippen molar-refractivity contribution in [1.29, 1.82) is 0 Å². The predicted octanol–water partition coefficient (Wildman–Crippen LogP) is 1.78. The summed E-state index contributed by atoms with van der Waals surface area (Å²) in [6, 6.07) is 5.77. The predicted molar refractivity (Wildman–Crippen MR) is 84.9 cm³/mol. The molecule has 0 spiro atoms. The summed E-state index contributed by atoms with van der Waals surface area (Å²) in [4.78, 5) is 8.83. The maximum atomic E-state index is 5.86. The molecule has 0 bridgehead atoms. The lowest BCUT2D eigenvalue weighted by Crippen LogP contribution is -2.10. The molecule has 4 rings (SSSR count). The molecule has 5 nitrogen and oxygen atoms in total. The summed E-state index contributed by atoms with van der Waals surface area (Å²) in [7, 11) is 7.53. The largest absolute Gasteiger partial charge is 0.495 e. The zero-order valence-electron chi connectivity index (χ0n) is 12.6. The first-order chi connectivity index (χ1) is 10.7. The van der Waals surface area contributed by atoms with Crippen molar-refractivity contribution in [3.05, 3.63) is 35.7 Å². The molecule has 2 radical (unpaired) electrons. The number of imidazole rings is 1. The third kappa shape index (κ3) is 2.15. The van der Waals surface area contributed by atoms with Gasteiger partial charge in [-0.15, -0.1) is 0 Å². The quantitative estimate of drug-likeness (QED) is 0.690. The maximum absolute atomic E-state index is 5.86. The minimum absolute atomic E-state index is 0.491. The highest BCUT2D eigenvalue weighted by atomic mass is 16.5. The Balaban J connectivity index is 1.93. The van der Waals surface area contributed by atoms with E-state index in [2.05, 4.69) is 9.97 Å². The molecule has 6 heteroatoms. The summed E-state index contributed by atoms with van der Waals surface area (Å²) < 4.78 is 7.29. The number of methoxy groups -OCH3 is 1. The van der Waals surface area contributed by atoms with Crippen LogP contribution in [0.25, 0.3) is 17.0 Å². The summed E-state index contributed by atoms with van der Waals surface area (Å²) in [6.07, 6.45) is 4.10. The number of fused-ring (bicyclic) bond motifs is 1. The van der Waals surface area contributed by atoms with Gasteiger partial charge in [0.25, 0.3) is 0 Å². The number of hydrogen-bond donors (Lipinski definition) is 0. The van der Waals surface area contributed by atoms with Crippen LogP contribution in [0.2, 0.25) is 0 Å². The van der Waals surface area contributed by atoms with Crippen molar-refractivity contribution >= 4 is 19.1 Å². The number of hydrogen-bond acceptors (Lipinski definition) is 4. The molecule has 1 aliphatic carbocycles. The lowest BCUT2D eigenvalue weighted by atomic mass is 10.0. The molecular formula is C16H15BN4O. The molecule has 0 aliphatic heterocycles. The lowest BCUT2D eigenvalue weighted by Gasteiger charge is -2.09. The van der Waals surface area contributed by atoms with Crippen molar-refractivity contribution in [3.8, 4) is 17.1 Å². The van der Waals surface area contributed by atoms with Crippen LogP contribution in [-0.2, 0) is 0 Å². The summed E-state index contributed by atoms with van der Waals surface area (Å²) in [5.41, 5.74) is 4.93. The first-order valence-electron chi connectivity index (χ1n) is 7.33. The number of nitrogens with zero attached hydrogens (tertiary/aromatic N) is 4. The first-order valence-corrected chi connectivity index (χ1v) is 7.33. The number of aromatic nitrogens is 4. The van der Waals surface area contributed by atoms with E-state index in [9.17, 15) is 0 Å². The molecule has 0 N–H and O–H groups in total. The van der Waals surface area contributed by atoms with E-state index in [1.54, 1.807) is 13.3 Å². The van der Waals surface area contributed by atoms with Gasteiger partial charge in [-0.2, -0.15) is 5.10 Å². The van der Waals surface area contributed by atoms with Gasteiger partial charge in [0.05, 0.1) is 19.0 Å². The molecule has 1 aliphatic rings. The van der Waals surface area contributed by atoms with Crippen LogP contribution in [0.1, 0.15) is 30.0 Å². The Hall–Kier alpha value is -2.37. The normalized spacial score (nSPS) is 14.5. The second-order valence-corrected chi connectivity index (χ2v) is 5.74. The van der Waals surface area contributed by atoms with Crippen molar-refractivity contribution in [2.45, 2.75) is 25.7 Å². The molecule has 22 heavy (non-hydrogen) atoms. The van der Waals surface area contributed by atoms with E-state index >= 15 is 0 Å². The second-order valence-electron chi connectivity index (χ2n) is 5.74. The molecule has 0 atom stereocenters. The van der Waals surface area contributed by atoms with Crippen LogP contribution in [-0.4, -0.2) is 34.5 Å². The topological polar surface area (TPSA) is 52.3 Å². The second kappa shape index (κ2) is 4.83. The Kier molecular flexibility index (Phi) is 2.92. The Morgan fingerprint density at radius 3 is 2.77 bits per heavy atom. The summed E-state index contributed by atoms with van der Waals surface area (Å²) >= 11 is 0. The van der Waals surface area contributed by atoms with Gasteiger partial charge in [-0.05, 0) is 43.1 Å². The highest BCUT2D eigenvalue weighted by Gasteiger charge is 2.29. The fourth-order valence-corrected chi connectivity index (χ4v) is 2.71. The fraction of sp³-hybridized carbons (Fsp3) is 0.312. The summed E-state index contributed by atoms with van der Waals surface area (Å²) in [5.74, 6) is 1.30. The SMILES string of the molecule is [B]c1cc(C)cc(-c2cnc3cc(OC)c(C4CC4)nn23)n1. The average Bonchev–Trinajstić information content (AvgIpc) is 3.24. The van der Waals surface area contributed by atoms with Crippen molar-refractivity contribution in [1.82, 2.24) is 19.6 Å². The highest BCUT2D eigenvalue weighted by molar-refractivity contribution is 6.30. The van der Waals surface area contributed by atoms with Crippen molar-refractivity contribution in [2.75, 3.05) is 7.11 Å². The number of rotatable bonds is 3. The molecule has 3 heterocycles. The Morgan fingerprint density at radius 1 is 1.27 bits per heavy atom. The van der Waals surface area contributed by atoms with Crippen molar-refractivity contribution < 1.29 is 4.74 Å². The zero-order chi connectivity index (χ0) is 15.3. The van der Waals surface area contributed by atoms with Gasteiger partial charge in [-0.1, -0.05) is 0 Å². The van der Waals surface area contributed by atoms with Gasteiger partial charge in [0, 0.05) is 12.0 Å². The molecular weight excluding hydrogens is 275 g/mol. The van der Waals surface area contributed by atoms with Gasteiger partial charge in [0.15, 0.2) is 5.65 Å². The molecule has 0 amide bonds. The van der Waals surface area contributed by atoms with Crippen LogP contribution in [0.3, 0.4) is 0 Å². The van der Waals surface area contributed by atoms with Gasteiger partial charge in [0.2, 0.25) is 0 Å². The van der Waals surface area contributed by atoms with E-state index in [-0.39, 0.29) is 0 Å². The molecule has 108 valence electrons. The van der Waals surface area contributed by atoms with Crippen molar-refractivity contribution in [2.24, 2.45) is 0 Å². The smallest absolute Gasteiger partial charge is 0.157 e. The lowest BCUT2D eigenvalue weighted by molar-refractivity contribution is 0.405. The van der Waals surface area contributed by atoms with Gasteiger partial charge in [-0.3, -0.25) is 4.98 Å². The molecule has 0 saturated heterocycles. The van der Waals surface area contributed by atoms with Crippen LogP contribution in [0.15, 0.2) is 24.4 Å². The third-order valence-corrected chi connectivity index (χ3v) is 3.92. The Morgan fingerprint density at radius 2 is 2.09 bits per heavy atom. The Labute approximate surface area is 129 Å². The molecule has 0 unspecified atom stereocenters. The van der Waals surface area contributed by atoms with Crippen LogP contribution in [0.4, 0.5) is 0 Å². The van der Waals surface area contributed by atoms with Crippen LogP contribution in [0.5, 0.6) is 5.75 Å². The third-order valence-electron chi connectivity index (χ3n) is 3.92. The van der Waals surface area contributed by atoms with E-state index < -0.39 is 0 Å². The first kappa shape index (κ1) is 13.3. The van der Waals surface area contributed by atoms with Gasteiger partial charge >= 0.3 is 0 Å². The fourth-order valence-electron chi connectivity index (χ4n) is 2.71. The molecule has 0 aromatic carbocycles. The van der Waals surface area contributed by atoms with Crippen LogP contribution < -0.4 is 10.3 Å². The van der Waals surface area contributed by atoms with Gasteiger partial charge in [-0.25, -0.2) is 9.50 Å². The maximum Gasteiger partial charge on any atom is 0.157 e. The standard InChI is InChI=1S/C16H15BN4O/c1-9-5-11(19-14(17)6-9)12-8-18-15-7-13(22-2)16(10-3-4-10)20-21(12)15/h5-8,10H,3-4H2,1-2H3. The summed E-state index contributed by atoms with van der Waals surface area (Å²) in [6.45, 7) is 2.00. The minimum atomic E-state index is 0.491. The number of pyridine rings is 1. The van der Waals surface area contributed by atoms with E-state index in [0.717, 1.165) is 46.9 Å². The molecule has 1 fully saturated rings. The minimum Gasteiger partial charge on any atom is -0.495 e. The van der Waals surface area contributed by atoms with E-state index in [1.807, 2.05) is 29.6 Å². The highest BCUT2D eigenvalue weighted by Crippen LogP contribution is 2.43. The Bertz CT molecular complexity index is 850. The number of ether oxygens (including phenoxy) is 1. The summed E-state index contributed by atoms with van der Waals surface area (Å²) in [5, 5.41) is 4.75. The molecule has 3 aromatic rings. The zero-order valence-corrected chi connectivity index (χ0v) is 12.6. The van der Waals surface area contributed by atoms with Gasteiger partial charge in [0.1, 0.15) is 25.0 Å². The monoisotopic (exact) mass is 290 g/mol. The number of aryl methyl sites for hydroxylation is 1. The van der Waals surface area contributed by atoms with E-state index in [4.69, 9.17) is 17.7 Å². The molecule has 3 aromatic heterocycles. The van der Waals surface area contributed by atoms with E-state index in [0.29, 0.717) is 11.5 Å². The van der Waals surface area contributed by atoms with Crippen LogP contribution >= 0.6 is 0 Å².